The summed E-state index contributed by atoms with van der Waals surface area (Å²) in [6.45, 7) is 4.52. The highest BCUT2D eigenvalue weighted by Crippen LogP contribution is 2.19. The van der Waals surface area contributed by atoms with E-state index >= 15 is 0 Å². The maximum atomic E-state index is 12.9. The Morgan fingerprint density at radius 1 is 1.04 bits per heavy atom. The number of carbonyl (C=O) groups is 1. The highest BCUT2D eigenvalue weighted by Gasteiger charge is 2.20. The molecule has 28 heavy (non-hydrogen) atoms. The van der Waals surface area contributed by atoms with Crippen LogP contribution in [-0.4, -0.2) is 33.9 Å². The van der Waals surface area contributed by atoms with Gasteiger partial charge in [-0.15, -0.1) is 0 Å². The molecule has 6 nitrogen and oxygen atoms in total. The number of anilines is 2. The zero-order valence-corrected chi connectivity index (χ0v) is 16.3. The number of carbonyl (C=O) groups excluding carboxylic acids is 1. The Labute approximate surface area is 165 Å². The molecule has 6 heteroatoms. The van der Waals surface area contributed by atoms with Gasteiger partial charge in [-0.3, -0.25) is 4.79 Å². The first kappa shape index (κ1) is 19.4. The number of ether oxygens (including phenoxy) is 1. The Morgan fingerprint density at radius 2 is 1.75 bits per heavy atom. The first-order valence-corrected chi connectivity index (χ1v) is 9.15. The third-order valence-corrected chi connectivity index (χ3v) is 4.31. The predicted molar refractivity (Wildman–Crippen MR) is 110 cm³/mol. The van der Waals surface area contributed by atoms with Gasteiger partial charge in [0, 0.05) is 18.3 Å². The van der Waals surface area contributed by atoms with Gasteiger partial charge in [-0.25, -0.2) is 9.97 Å². The Hall–Kier alpha value is -3.41. The Bertz CT molecular complexity index is 894. The Kier molecular flexibility index (Phi) is 6.22. The molecule has 3 rings (SSSR count). The normalized spacial score (nSPS) is 10.6. The largest absolute Gasteiger partial charge is 0.497 e. The van der Waals surface area contributed by atoms with E-state index in [1.54, 1.807) is 18.2 Å². The molecule has 1 heterocycles. The van der Waals surface area contributed by atoms with E-state index in [1.165, 1.54) is 6.20 Å². The molecule has 0 fully saturated rings. The fourth-order valence-electron chi connectivity index (χ4n) is 2.74. The van der Waals surface area contributed by atoms with Gasteiger partial charge in [-0.2, -0.15) is 0 Å². The maximum Gasteiger partial charge on any atom is 0.274 e. The van der Waals surface area contributed by atoms with Crippen molar-refractivity contribution in [1.29, 1.82) is 0 Å². The van der Waals surface area contributed by atoms with E-state index in [0.717, 1.165) is 17.0 Å². The zero-order chi connectivity index (χ0) is 19.9. The number of hydrogen-bond acceptors (Lipinski definition) is 5. The predicted octanol–water partition coefficient (Wildman–Crippen LogP) is 4.28. The van der Waals surface area contributed by atoms with Crippen molar-refractivity contribution in [2.45, 2.75) is 26.4 Å². The minimum absolute atomic E-state index is 0.0478. The number of methoxy groups -OCH3 is 1. The monoisotopic (exact) mass is 376 g/mol. The van der Waals surface area contributed by atoms with Crippen molar-refractivity contribution in [2.75, 3.05) is 12.4 Å². The molecule has 0 bridgehead atoms. The maximum absolute atomic E-state index is 12.9. The van der Waals surface area contributed by atoms with Crippen molar-refractivity contribution in [3.8, 4) is 5.75 Å². The molecule has 0 saturated heterocycles. The van der Waals surface area contributed by atoms with Crippen LogP contribution in [-0.2, 0) is 6.54 Å². The minimum atomic E-state index is -0.137. The number of benzene rings is 2. The lowest BCUT2D eigenvalue weighted by Crippen LogP contribution is -2.36. The summed E-state index contributed by atoms with van der Waals surface area (Å²) in [5.41, 5.74) is 2.27. The molecule has 144 valence electrons. The van der Waals surface area contributed by atoms with Crippen LogP contribution in [0.3, 0.4) is 0 Å². The van der Waals surface area contributed by atoms with Crippen LogP contribution in [0.2, 0.25) is 0 Å². The van der Waals surface area contributed by atoms with Crippen LogP contribution < -0.4 is 10.1 Å². The molecular formula is C22H24N4O2. The third kappa shape index (κ3) is 4.85. The van der Waals surface area contributed by atoms with Crippen molar-refractivity contribution < 1.29 is 9.53 Å². The molecule has 1 N–H and O–H groups in total. The topological polar surface area (TPSA) is 67.3 Å². The van der Waals surface area contributed by atoms with Gasteiger partial charge in [0.15, 0.2) is 0 Å². The van der Waals surface area contributed by atoms with Crippen molar-refractivity contribution in [3.63, 3.8) is 0 Å². The first-order valence-electron chi connectivity index (χ1n) is 9.15. The molecule has 1 aromatic heterocycles. The number of amides is 1. The van der Waals surface area contributed by atoms with Crippen LogP contribution in [0.4, 0.5) is 11.5 Å². The Balaban J connectivity index is 1.70. The highest BCUT2D eigenvalue weighted by molar-refractivity contribution is 5.92. The second kappa shape index (κ2) is 8.99. The third-order valence-electron chi connectivity index (χ3n) is 4.31. The molecule has 0 aliphatic heterocycles. The van der Waals surface area contributed by atoms with Crippen molar-refractivity contribution in [2.24, 2.45) is 0 Å². The van der Waals surface area contributed by atoms with Gasteiger partial charge in [0.2, 0.25) is 0 Å². The Morgan fingerprint density at radius 3 is 2.32 bits per heavy atom. The van der Waals surface area contributed by atoms with Gasteiger partial charge in [0.1, 0.15) is 17.3 Å². The summed E-state index contributed by atoms with van der Waals surface area (Å²) in [6.07, 6.45) is 3.08. The van der Waals surface area contributed by atoms with Gasteiger partial charge in [0.05, 0.1) is 19.5 Å². The highest BCUT2D eigenvalue weighted by atomic mass is 16.5. The van der Waals surface area contributed by atoms with Crippen LogP contribution in [0.1, 0.15) is 29.9 Å². The van der Waals surface area contributed by atoms with Gasteiger partial charge in [-0.05, 0) is 43.7 Å². The van der Waals surface area contributed by atoms with E-state index in [-0.39, 0.29) is 11.9 Å². The number of hydrogen-bond donors (Lipinski definition) is 1. The molecule has 0 atom stereocenters. The molecule has 0 unspecified atom stereocenters. The van der Waals surface area contributed by atoms with Gasteiger partial charge >= 0.3 is 0 Å². The second-order valence-corrected chi connectivity index (χ2v) is 6.65. The molecule has 0 radical (unpaired) electrons. The second-order valence-electron chi connectivity index (χ2n) is 6.65. The summed E-state index contributed by atoms with van der Waals surface area (Å²) in [4.78, 5) is 23.4. The molecular weight excluding hydrogens is 352 g/mol. The van der Waals surface area contributed by atoms with E-state index in [0.29, 0.717) is 18.1 Å². The lowest BCUT2D eigenvalue weighted by Gasteiger charge is -2.26. The number of nitrogens with one attached hydrogen (secondary N) is 1. The molecule has 1 amide bonds. The zero-order valence-electron chi connectivity index (χ0n) is 16.3. The lowest BCUT2D eigenvalue weighted by atomic mass is 10.2. The first-order chi connectivity index (χ1) is 13.6. The smallest absolute Gasteiger partial charge is 0.274 e. The quantitative estimate of drug-likeness (QED) is 0.667. The molecule has 2 aromatic carbocycles. The van der Waals surface area contributed by atoms with Crippen molar-refractivity contribution in [3.05, 3.63) is 78.2 Å². The van der Waals surface area contributed by atoms with Crippen LogP contribution in [0.15, 0.2) is 67.0 Å². The summed E-state index contributed by atoms with van der Waals surface area (Å²) in [5, 5.41) is 3.16. The van der Waals surface area contributed by atoms with Gasteiger partial charge in [-0.1, -0.05) is 30.3 Å². The molecule has 3 aromatic rings. The van der Waals surface area contributed by atoms with Crippen molar-refractivity contribution in [1.82, 2.24) is 14.9 Å². The van der Waals surface area contributed by atoms with E-state index in [9.17, 15) is 4.79 Å². The summed E-state index contributed by atoms with van der Waals surface area (Å²) in [6, 6.07) is 17.5. The SMILES string of the molecule is COc1ccc(Nc2cnc(C(=O)N(Cc3ccccc3)C(C)C)cn2)cc1. The molecule has 0 spiro atoms. The number of rotatable bonds is 7. The summed E-state index contributed by atoms with van der Waals surface area (Å²) in [5.74, 6) is 1.22. The summed E-state index contributed by atoms with van der Waals surface area (Å²) >= 11 is 0. The van der Waals surface area contributed by atoms with Crippen LogP contribution >= 0.6 is 0 Å². The fourth-order valence-corrected chi connectivity index (χ4v) is 2.74. The average Bonchev–Trinajstić information content (AvgIpc) is 2.73. The van der Waals surface area contributed by atoms with Gasteiger partial charge < -0.3 is 15.0 Å². The fraction of sp³-hybridized carbons (Fsp3) is 0.227. The minimum Gasteiger partial charge on any atom is -0.497 e. The summed E-state index contributed by atoms with van der Waals surface area (Å²) in [7, 11) is 1.63. The lowest BCUT2D eigenvalue weighted by molar-refractivity contribution is 0.0684. The van der Waals surface area contributed by atoms with E-state index in [4.69, 9.17) is 4.74 Å². The van der Waals surface area contributed by atoms with Crippen molar-refractivity contribution >= 4 is 17.4 Å². The molecule has 0 saturated carbocycles. The van der Waals surface area contributed by atoms with E-state index in [2.05, 4.69) is 15.3 Å². The van der Waals surface area contributed by atoms with Crippen LogP contribution in [0.25, 0.3) is 0 Å². The number of aromatic nitrogens is 2. The summed E-state index contributed by atoms with van der Waals surface area (Å²) < 4.78 is 5.15. The average molecular weight is 376 g/mol. The number of nitrogens with zero attached hydrogens (tertiary/aromatic N) is 3. The standard InChI is InChI=1S/C22H24N4O2/c1-16(2)26(15-17-7-5-4-6-8-17)22(27)20-13-24-21(14-23-20)25-18-9-11-19(28-3)12-10-18/h4-14,16H,15H2,1-3H3,(H,24,25). The van der Waals surface area contributed by atoms with Crippen LogP contribution in [0.5, 0.6) is 5.75 Å². The molecule has 0 aliphatic carbocycles. The van der Waals surface area contributed by atoms with E-state index in [1.807, 2.05) is 68.4 Å². The molecule has 0 aliphatic rings. The van der Waals surface area contributed by atoms with E-state index < -0.39 is 0 Å². The van der Waals surface area contributed by atoms with Gasteiger partial charge in [0.25, 0.3) is 5.91 Å². The van der Waals surface area contributed by atoms with Crippen LogP contribution in [0, 0.1) is 0 Å².